The van der Waals surface area contributed by atoms with Crippen LogP contribution in [-0.4, -0.2) is 0 Å². The molecule has 3 unspecified atom stereocenters. The van der Waals surface area contributed by atoms with Gasteiger partial charge in [0.1, 0.15) is 0 Å². The van der Waals surface area contributed by atoms with Crippen LogP contribution in [0.3, 0.4) is 0 Å². The summed E-state index contributed by atoms with van der Waals surface area (Å²) in [6, 6.07) is 0. The predicted molar refractivity (Wildman–Crippen MR) is 52.8 cm³/mol. The zero-order valence-electron chi connectivity index (χ0n) is 8.03. The van der Waals surface area contributed by atoms with Crippen molar-refractivity contribution in [2.45, 2.75) is 26.7 Å². The maximum absolute atomic E-state index is 2.44. The molecule has 12 heavy (non-hydrogen) atoms. The molecule has 0 saturated carbocycles. The van der Waals surface area contributed by atoms with Gasteiger partial charge in [0, 0.05) is 0 Å². The molecule has 0 spiro atoms. The van der Waals surface area contributed by atoms with Crippen LogP contribution in [0.1, 0.15) is 26.7 Å². The van der Waals surface area contributed by atoms with E-state index in [0.29, 0.717) is 0 Å². The molecule has 0 fully saturated rings. The smallest absolute Gasteiger partial charge is 0.0105 e. The van der Waals surface area contributed by atoms with Crippen LogP contribution in [-0.2, 0) is 0 Å². The minimum absolute atomic E-state index is 0.803. The number of rotatable bonds is 1. The van der Waals surface area contributed by atoms with Gasteiger partial charge in [-0.25, -0.2) is 0 Å². The van der Waals surface area contributed by atoms with Crippen molar-refractivity contribution in [3.05, 3.63) is 24.3 Å². The van der Waals surface area contributed by atoms with E-state index >= 15 is 0 Å². The number of hydrogen-bond acceptors (Lipinski definition) is 0. The molecule has 0 aromatic heterocycles. The van der Waals surface area contributed by atoms with E-state index in [9.17, 15) is 0 Å². The lowest BCUT2D eigenvalue weighted by atomic mass is 9.70. The second-order valence-corrected chi connectivity index (χ2v) is 4.45. The first-order chi connectivity index (χ1) is 5.79. The van der Waals surface area contributed by atoms with Crippen molar-refractivity contribution in [3.63, 3.8) is 0 Å². The molecule has 0 amide bonds. The first kappa shape index (κ1) is 8.10. The van der Waals surface area contributed by atoms with Gasteiger partial charge in [-0.15, -0.1) is 0 Å². The predicted octanol–water partition coefficient (Wildman–Crippen LogP) is 3.41. The lowest BCUT2D eigenvalue weighted by Gasteiger charge is -2.35. The van der Waals surface area contributed by atoms with Crippen LogP contribution >= 0.6 is 0 Å². The summed E-state index contributed by atoms with van der Waals surface area (Å²) in [5, 5.41) is 0. The molecule has 0 aromatic rings. The minimum atomic E-state index is 0.803. The van der Waals surface area contributed by atoms with E-state index in [2.05, 4.69) is 38.2 Å². The lowest BCUT2D eigenvalue weighted by Crippen LogP contribution is -2.27. The van der Waals surface area contributed by atoms with E-state index in [-0.39, 0.29) is 0 Å². The number of fused-ring (bicyclic) bond motifs is 1. The third-order valence-electron chi connectivity index (χ3n) is 3.31. The van der Waals surface area contributed by atoms with Gasteiger partial charge >= 0.3 is 0 Å². The fourth-order valence-corrected chi connectivity index (χ4v) is 2.44. The van der Waals surface area contributed by atoms with Crippen LogP contribution in [0.5, 0.6) is 0 Å². The highest BCUT2D eigenvalue weighted by Crippen LogP contribution is 2.41. The van der Waals surface area contributed by atoms with Crippen molar-refractivity contribution >= 4 is 0 Å². The Balaban J connectivity index is 2.14. The molecule has 0 heterocycles. The SMILES string of the molecule is CC(C)C1C=CCCC2C=CC21. The molecule has 2 aliphatic rings. The Hall–Kier alpha value is -0.520. The molecule has 3 atom stereocenters. The van der Waals surface area contributed by atoms with E-state index in [0.717, 1.165) is 23.7 Å². The molecule has 0 aromatic carbocycles. The molecule has 0 heteroatoms. The summed E-state index contributed by atoms with van der Waals surface area (Å²) in [5.41, 5.74) is 0. The summed E-state index contributed by atoms with van der Waals surface area (Å²) in [6.45, 7) is 4.67. The Bertz CT molecular complexity index is 210. The van der Waals surface area contributed by atoms with Crippen molar-refractivity contribution in [3.8, 4) is 0 Å². The topological polar surface area (TPSA) is 0 Å². The van der Waals surface area contributed by atoms with Crippen molar-refractivity contribution in [1.82, 2.24) is 0 Å². The second-order valence-electron chi connectivity index (χ2n) is 4.45. The normalized spacial score (nSPS) is 39.1. The van der Waals surface area contributed by atoms with Gasteiger partial charge in [0.15, 0.2) is 0 Å². The highest BCUT2D eigenvalue weighted by atomic mass is 14.4. The fourth-order valence-electron chi connectivity index (χ4n) is 2.44. The molecule has 2 rings (SSSR count). The number of allylic oxidation sites excluding steroid dienone is 4. The molecule has 0 radical (unpaired) electrons. The quantitative estimate of drug-likeness (QED) is 0.518. The first-order valence-corrected chi connectivity index (χ1v) is 5.14. The Kier molecular flexibility index (Phi) is 2.08. The van der Waals surface area contributed by atoms with Crippen LogP contribution in [0.15, 0.2) is 24.3 Å². The number of hydrogen-bond donors (Lipinski definition) is 0. The lowest BCUT2D eigenvalue weighted by molar-refractivity contribution is 0.272. The van der Waals surface area contributed by atoms with Gasteiger partial charge < -0.3 is 0 Å². The summed E-state index contributed by atoms with van der Waals surface area (Å²) < 4.78 is 0. The minimum Gasteiger partial charge on any atom is -0.0882 e. The zero-order valence-corrected chi connectivity index (χ0v) is 8.03. The van der Waals surface area contributed by atoms with E-state index in [1.165, 1.54) is 12.8 Å². The van der Waals surface area contributed by atoms with Crippen molar-refractivity contribution in [2.75, 3.05) is 0 Å². The monoisotopic (exact) mass is 162 g/mol. The maximum atomic E-state index is 2.44. The van der Waals surface area contributed by atoms with Crippen molar-refractivity contribution in [2.24, 2.45) is 23.7 Å². The first-order valence-electron chi connectivity index (χ1n) is 5.14. The summed E-state index contributed by atoms with van der Waals surface area (Å²) in [7, 11) is 0. The van der Waals surface area contributed by atoms with Gasteiger partial charge in [0.2, 0.25) is 0 Å². The summed E-state index contributed by atoms with van der Waals surface area (Å²) in [6.07, 6.45) is 12.3. The average molecular weight is 162 g/mol. The van der Waals surface area contributed by atoms with Gasteiger partial charge in [0.05, 0.1) is 0 Å². The van der Waals surface area contributed by atoms with Gasteiger partial charge in [-0.2, -0.15) is 0 Å². The van der Waals surface area contributed by atoms with Crippen molar-refractivity contribution < 1.29 is 0 Å². The molecule has 66 valence electrons. The van der Waals surface area contributed by atoms with Crippen LogP contribution in [0.2, 0.25) is 0 Å². The summed E-state index contributed by atoms with van der Waals surface area (Å²) >= 11 is 0. The second kappa shape index (κ2) is 3.08. The van der Waals surface area contributed by atoms with Gasteiger partial charge in [-0.1, -0.05) is 38.2 Å². The molecule has 0 aliphatic heterocycles. The molecule has 0 N–H and O–H groups in total. The van der Waals surface area contributed by atoms with Crippen LogP contribution in [0.25, 0.3) is 0 Å². The van der Waals surface area contributed by atoms with E-state index in [1.807, 2.05) is 0 Å². The standard InChI is InChI=1S/C12H18/c1-9(2)11-6-4-3-5-10-7-8-12(10)11/h4,6-12H,3,5H2,1-2H3. The molecule has 2 aliphatic carbocycles. The highest BCUT2D eigenvalue weighted by Gasteiger charge is 2.32. The van der Waals surface area contributed by atoms with E-state index in [1.54, 1.807) is 0 Å². The third kappa shape index (κ3) is 1.24. The Morgan fingerprint density at radius 1 is 1.17 bits per heavy atom. The molecule has 0 nitrogen and oxygen atoms in total. The zero-order chi connectivity index (χ0) is 8.55. The highest BCUT2D eigenvalue weighted by molar-refractivity contribution is 5.16. The molecule has 0 saturated heterocycles. The Morgan fingerprint density at radius 2 is 2.00 bits per heavy atom. The maximum Gasteiger partial charge on any atom is -0.0105 e. The molecular weight excluding hydrogens is 144 g/mol. The van der Waals surface area contributed by atoms with Gasteiger partial charge in [-0.05, 0) is 36.5 Å². The van der Waals surface area contributed by atoms with Crippen molar-refractivity contribution in [1.29, 1.82) is 0 Å². The third-order valence-corrected chi connectivity index (χ3v) is 3.31. The molecule has 0 bridgehead atoms. The summed E-state index contributed by atoms with van der Waals surface area (Å²) in [5.74, 6) is 3.37. The Morgan fingerprint density at radius 3 is 2.58 bits per heavy atom. The van der Waals surface area contributed by atoms with E-state index in [4.69, 9.17) is 0 Å². The Labute approximate surface area is 75.4 Å². The van der Waals surface area contributed by atoms with Gasteiger partial charge in [0.25, 0.3) is 0 Å². The summed E-state index contributed by atoms with van der Waals surface area (Å²) in [4.78, 5) is 0. The fraction of sp³-hybridized carbons (Fsp3) is 0.667. The van der Waals surface area contributed by atoms with Gasteiger partial charge in [-0.3, -0.25) is 0 Å². The molecular formula is C12H18. The van der Waals surface area contributed by atoms with Crippen LogP contribution in [0, 0.1) is 23.7 Å². The average Bonchev–Trinajstić information content (AvgIpc) is 2.10. The largest absolute Gasteiger partial charge is 0.0882 e. The van der Waals surface area contributed by atoms with E-state index < -0.39 is 0 Å². The van der Waals surface area contributed by atoms with Crippen LogP contribution in [0.4, 0.5) is 0 Å². The van der Waals surface area contributed by atoms with Crippen LogP contribution < -0.4 is 0 Å².